The number of ketones is 2. The molecule has 3 heterocycles. The van der Waals surface area contributed by atoms with E-state index in [0.29, 0.717) is 63.4 Å². The van der Waals surface area contributed by atoms with E-state index in [1.165, 1.54) is 12.0 Å². The quantitative estimate of drug-likeness (QED) is 0.180. The van der Waals surface area contributed by atoms with Crippen LogP contribution in [0.3, 0.4) is 0 Å². The summed E-state index contributed by atoms with van der Waals surface area (Å²) in [7, 11) is 4.55. The highest BCUT2D eigenvalue weighted by Gasteiger charge is 2.53. The second-order valence-electron chi connectivity index (χ2n) is 19.8. The fourth-order valence-electron chi connectivity index (χ4n) is 10.3. The lowest BCUT2D eigenvalue weighted by Crippen LogP contribution is -2.63. The summed E-state index contributed by atoms with van der Waals surface area (Å²) < 4.78 is 29.5. The number of aliphatic hydroxyl groups excluding tert-OH is 3. The number of carbonyl (C=O) groups is 4. The summed E-state index contributed by atoms with van der Waals surface area (Å²) in [6.07, 6.45) is 9.72. The molecule has 368 valence electrons. The fraction of sp³-hybridized carbons (Fsp3) is 0.765. The lowest BCUT2D eigenvalue weighted by atomic mass is 9.78. The van der Waals surface area contributed by atoms with Gasteiger partial charge in [0.25, 0.3) is 5.91 Å². The Hall–Kier alpha value is -3.08. The summed E-state index contributed by atoms with van der Waals surface area (Å²) in [5.74, 6) is -6.22. The normalized spacial score (nSPS) is 40.2. The smallest absolute Gasteiger partial charge is 0.329 e. The van der Waals surface area contributed by atoms with Crippen LogP contribution in [0.2, 0.25) is 0 Å². The Morgan fingerprint density at radius 1 is 0.846 bits per heavy atom. The van der Waals surface area contributed by atoms with Crippen LogP contribution >= 0.6 is 0 Å². The number of carbonyl (C=O) groups excluding carboxylic acids is 4. The number of aliphatic hydroxyl groups is 4. The third-order valence-electron chi connectivity index (χ3n) is 14.7. The lowest BCUT2D eigenvalue weighted by Gasteiger charge is -2.46. The minimum atomic E-state index is -2.23. The van der Waals surface area contributed by atoms with Crippen LogP contribution in [-0.2, 0) is 42.9 Å². The Morgan fingerprint density at radius 3 is 2.25 bits per heavy atom. The van der Waals surface area contributed by atoms with Gasteiger partial charge in [-0.3, -0.25) is 14.4 Å². The molecule has 0 aromatic heterocycles. The molecule has 16 atom stereocenters. The Morgan fingerprint density at radius 2 is 1.57 bits per heavy atom. The highest BCUT2D eigenvalue weighted by atomic mass is 16.6. The molecule has 0 spiro atoms. The molecule has 0 radical (unpaired) electrons. The van der Waals surface area contributed by atoms with Crippen molar-refractivity contribution in [1.82, 2.24) is 4.90 Å². The second-order valence-corrected chi connectivity index (χ2v) is 19.8. The maximum Gasteiger partial charge on any atom is 0.329 e. The second kappa shape index (κ2) is 25.3. The molecular formula is C51H81NO13. The van der Waals surface area contributed by atoms with Crippen LogP contribution < -0.4 is 0 Å². The summed E-state index contributed by atoms with van der Waals surface area (Å²) in [5, 5.41) is 45.7. The van der Waals surface area contributed by atoms with E-state index in [1.807, 2.05) is 58.1 Å². The maximum absolute atomic E-state index is 14.4. The van der Waals surface area contributed by atoms with Gasteiger partial charge in [0.05, 0.1) is 24.4 Å². The number of hydrogen-bond donors (Lipinski definition) is 4. The standard InChI is InChI=1S/C51H81NO13/c1-30-16-12-11-13-17-31(2)42(61-8)28-38-21-19-36(7)51(60,65-38)48(57)49(58)52-23-15-14-18-39(52)50(59)64-43(33(4)26-37-20-22-40(53)44(27-37)62-9)29-41(54)32(3)25-35(6)46(56)47(63-10)45(55)34(5)24-30/h11-13,16-17,25,30,32-34,36-40,42-44,46-48,53,56-57,60H,14-15,18-24,26-29H2,1-10H3/b13-11?,16-12+,31-17?,35-25+/t30?,32-,33-,34?,36-,37?,38+,39?,40-,42+,43?,44-,46?,47+,48-,51-/m1/s1. The average molecular weight is 916 g/mol. The van der Waals surface area contributed by atoms with Crippen molar-refractivity contribution < 1.29 is 63.3 Å². The Balaban J connectivity index is 1.70. The Bertz CT molecular complexity index is 1710. The van der Waals surface area contributed by atoms with Gasteiger partial charge in [-0.1, -0.05) is 71.1 Å². The van der Waals surface area contributed by atoms with Gasteiger partial charge in [0, 0.05) is 58.5 Å². The van der Waals surface area contributed by atoms with E-state index in [0.717, 1.165) is 12.0 Å². The minimum absolute atomic E-state index is 0.0264. The van der Waals surface area contributed by atoms with E-state index in [9.17, 15) is 39.6 Å². The molecule has 0 aromatic carbocycles. The zero-order valence-corrected chi connectivity index (χ0v) is 40.7. The molecule has 4 aliphatic rings. The summed E-state index contributed by atoms with van der Waals surface area (Å²) >= 11 is 0. The van der Waals surface area contributed by atoms with Crippen molar-refractivity contribution in [3.63, 3.8) is 0 Å². The van der Waals surface area contributed by atoms with Crippen molar-refractivity contribution in [2.45, 2.75) is 186 Å². The summed E-state index contributed by atoms with van der Waals surface area (Å²) in [4.78, 5) is 57.8. The SMILES string of the molecule is CO[C@H]1C[C@@H]2CC[C@@H](C)[C@@](O)(O2)[C@H](O)C(=O)N2CCCCC2C(=O)OC([C@H](C)CC2CC[C@@H](O)[C@H](OC)C2)CC(=O)[C@H](C)/C=C(\C)C(O)[C@@H](OC)C(=O)C(C)CC(C)/C=C/C=CC=C1C. The lowest BCUT2D eigenvalue weighted by molar-refractivity contribution is -0.317. The molecule has 1 saturated carbocycles. The van der Waals surface area contributed by atoms with E-state index in [1.54, 1.807) is 41.1 Å². The van der Waals surface area contributed by atoms with Crippen LogP contribution in [-0.4, -0.2) is 137 Å². The Labute approximate surface area is 387 Å². The van der Waals surface area contributed by atoms with Gasteiger partial charge in [-0.05, 0) is 107 Å². The third kappa shape index (κ3) is 14.5. The number of Topliss-reactive ketones (excluding diaryl/α,β-unsaturated/α-hetero) is 2. The number of amides is 1. The highest BCUT2D eigenvalue weighted by Crippen LogP contribution is 2.39. The van der Waals surface area contributed by atoms with Crippen LogP contribution in [0.25, 0.3) is 0 Å². The number of esters is 1. The molecule has 3 aliphatic heterocycles. The van der Waals surface area contributed by atoms with Gasteiger partial charge >= 0.3 is 5.97 Å². The van der Waals surface area contributed by atoms with Gasteiger partial charge in [0.15, 0.2) is 11.9 Å². The number of rotatable bonds is 6. The fourth-order valence-corrected chi connectivity index (χ4v) is 10.3. The van der Waals surface area contributed by atoms with Crippen molar-refractivity contribution in [3.8, 4) is 0 Å². The minimum Gasteiger partial charge on any atom is -0.460 e. The maximum atomic E-state index is 14.4. The largest absolute Gasteiger partial charge is 0.460 e. The number of fused-ring (bicyclic) bond motifs is 3. The van der Waals surface area contributed by atoms with Gasteiger partial charge in [0.1, 0.15) is 30.1 Å². The number of piperidine rings is 1. The highest BCUT2D eigenvalue weighted by molar-refractivity contribution is 5.89. The molecule has 1 amide bonds. The molecule has 2 saturated heterocycles. The van der Waals surface area contributed by atoms with Gasteiger partial charge in [-0.15, -0.1) is 0 Å². The monoisotopic (exact) mass is 916 g/mol. The number of allylic oxidation sites excluding steroid dienone is 6. The summed E-state index contributed by atoms with van der Waals surface area (Å²) in [6.45, 7) is 12.9. The molecule has 6 unspecified atom stereocenters. The summed E-state index contributed by atoms with van der Waals surface area (Å²) in [5.41, 5.74) is 1.30. The number of cyclic esters (lactones) is 1. The first-order chi connectivity index (χ1) is 30.7. The van der Waals surface area contributed by atoms with Crippen molar-refractivity contribution in [2.75, 3.05) is 27.9 Å². The van der Waals surface area contributed by atoms with Crippen LogP contribution in [0.1, 0.15) is 126 Å². The third-order valence-corrected chi connectivity index (χ3v) is 14.7. The van der Waals surface area contributed by atoms with Crippen LogP contribution in [0, 0.1) is 35.5 Å². The summed E-state index contributed by atoms with van der Waals surface area (Å²) in [6, 6.07) is -1.08. The van der Waals surface area contributed by atoms with Gasteiger partial charge in [-0.2, -0.15) is 0 Å². The van der Waals surface area contributed by atoms with Crippen molar-refractivity contribution in [3.05, 3.63) is 47.6 Å². The van der Waals surface area contributed by atoms with E-state index < -0.39 is 78.1 Å². The molecular weight excluding hydrogens is 835 g/mol. The number of ether oxygens (including phenoxy) is 5. The van der Waals surface area contributed by atoms with E-state index in [2.05, 4.69) is 0 Å². The zero-order valence-electron chi connectivity index (χ0n) is 40.7. The first-order valence-electron chi connectivity index (χ1n) is 24.1. The molecule has 2 bridgehead atoms. The van der Waals surface area contributed by atoms with Crippen LogP contribution in [0.15, 0.2) is 47.6 Å². The predicted molar refractivity (Wildman–Crippen MR) is 246 cm³/mol. The van der Waals surface area contributed by atoms with Gasteiger partial charge < -0.3 is 49.0 Å². The zero-order chi connectivity index (χ0) is 48.2. The number of nitrogens with zero attached hydrogens (tertiary/aromatic N) is 1. The molecule has 0 aromatic rings. The molecule has 14 heteroatoms. The molecule has 3 fully saturated rings. The van der Waals surface area contributed by atoms with E-state index >= 15 is 0 Å². The molecule has 4 N–H and O–H groups in total. The van der Waals surface area contributed by atoms with E-state index in [-0.39, 0.29) is 60.9 Å². The molecule has 4 rings (SSSR count). The number of methoxy groups -OCH3 is 3. The Kier molecular flexibility index (Phi) is 21.3. The first kappa shape index (κ1) is 54.5. The topological polar surface area (TPSA) is 199 Å². The van der Waals surface area contributed by atoms with Crippen LogP contribution in [0.5, 0.6) is 0 Å². The predicted octanol–water partition coefficient (Wildman–Crippen LogP) is 5.97. The van der Waals surface area contributed by atoms with Crippen molar-refractivity contribution in [2.24, 2.45) is 35.5 Å². The van der Waals surface area contributed by atoms with Gasteiger partial charge in [0.2, 0.25) is 5.79 Å². The van der Waals surface area contributed by atoms with E-state index in [4.69, 9.17) is 23.7 Å². The van der Waals surface area contributed by atoms with Gasteiger partial charge in [-0.25, -0.2) is 4.79 Å². The van der Waals surface area contributed by atoms with Crippen molar-refractivity contribution >= 4 is 23.4 Å². The number of hydrogen-bond acceptors (Lipinski definition) is 13. The molecule has 65 heavy (non-hydrogen) atoms. The molecule has 14 nitrogen and oxygen atoms in total. The molecule has 1 aliphatic carbocycles. The van der Waals surface area contributed by atoms with Crippen LogP contribution in [0.4, 0.5) is 0 Å². The average Bonchev–Trinajstić information content (AvgIpc) is 3.28. The van der Waals surface area contributed by atoms with Crippen molar-refractivity contribution in [1.29, 1.82) is 0 Å². The first-order valence-corrected chi connectivity index (χ1v) is 24.1.